The average Bonchev–Trinajstić information content (AvgIpc) is 2.64. The van der Waals surface area contributed by atoms with Crippen LogP contribution in [0.3, 0.4) is 0 Å². The maximum absolute atomic E-state index is 11.0. The highest BCUT2D eigenvalue weighted by molar-refractivity contribution is 5.81. The van der Waals surface area contributed by atoms with Gasteiger partial charge in [0.15, 0.2) is 0 Å². The summed E-state index contributed by atoms with van der Waals surface area (Å²) in [5, 5.41) is 11.1. The molecular formula is C8H13NO3. The number of hydrogen-bond acceptors (Lipinski definition) is 2. The fourth-order valence-electron chi connectivity index (χ4n) is 0.932. The number of rotatable bonds is 4. The summed E-state index contributed by atoms with van der Waals surface area (Å²) in [7, 11) is 0. The molecule has 0 spiro atoms. The second kappa shape index (κ2) is 3.13. The van der Waals surface area contributed by atoms with E-state index in [1.54, 1.807) is 0 Å². The number of carboxylic acid groups (broad SMARTS) is 1. The van der Waals surface area contributed by atoms with Crippen LogP contribution < -0.4 is 5.32 Å². The van der Waals surface area contributed by atoms with Gasteiger partial charge in [-0.3, -0.25) is 9.59 Å². The molecule has 1 rings (SSSR count). The quantitative estimate of drug-likeness (QED) is 0.648. The van der Waals surface area contributed by atoms with Crippen LogP contribution in [0.1, 0.15) is 32.6 Å². The highest BCUT2D eigenvalue weighted by Crippen LogP contribution is 2.34. The summed E-state index contributed by atoms with van der Waals surface area (Å²) >= 11 is 0. The molecule has 0 aromatic carbocycles. The predicted octanol–water partition coefficient (Wildman–Crippen LogP) is 0.520. The first kappa shape index (κ1) is 9.03. The van der Waals surface area contributed by atoms with Crippen molar-refractivity contribution in [2.24, 2.45) is 0 Å². The molecule has 0 aromatic heterocycles. The number of carboxylic acids is 1. The van der Waals surface area contributed by atoms with Crippen molar-refractivity contribution in [3.05, 3.63) is 0 Å². The lowest BCUT2D eigenvalue weighted by atomic mass is 10.2. The van der Waals surface area contributed by atoms with Crippen LogP contribution >= 0.6 is 0 Å². The molecule has 0 bridgehead atoms. The van der Waals surface area contributed by atoms with Crippen LogP contribution in [0.4, 0.5) is 0 Å². The van der Waals surface area contributed by atoms with Crippen molar-refractivity contribution in [1.29, 1.82) is 0 Å². The zero-order chi connectivity index (χ0) is 9.19. The lowest BCUT2D eigenvalue weighted by Gasteiger charge is -2.09. The number of hydrogen-bond donors (Lipinski definition) is 2. The van der Waals surface area contributed by atoms with Crippen LogP contribution in [-0.2, 0) is 9.59 Å². The van der Waals surface area contributed by atoms with E-state index < -0.39 is 5.97 Å². The van der Waals surface area contributed by atoms with Gasteiger partial charge in [0.05, 0.1) is 6.42 Å². The highest BCUT2D eigenvalue weighted by Gasteiger charge is 2.38. The van der Waals surface area contributed by atoms with Crippen LogP contribution in [0.25, 0.3) is 0 Å². The third-order valence-corrected chi connectivity index (χ3v) is 2.01. The van der Waals surface area contributed by atoms with Gasteiger partial charge in [-0.2, -0.15) is 0 Å². The second-order valence-corrected chi connectivity index (χ2v) is 3.50. The largest absolute Gasteiger partial charge is 0.481 e. The summed E-state index contributed by atoms with van der Waals surface area (Å²) in [4.78, 5) is 21.1. The van der Waals surface area contributed by atoms with E-state index in [2.05, 4.69) is 5.32 Å². The van der Waals surface area contributed by atoms with E-state index in [-0.39, 0.29) is 24.3 Å². The molecule has 2 N–H and O–H groups in total. The van der Waals surface area contributed by atoms with Gasteiger partial charge in [-0.15, -0.1) is 0 Å². The summed E-state index contributed by atoms with van der Waals surface area (Å²) in [6.45, 7) is 1.96. The lowest BCUT2D eigenvalue weighted by molar-refractivity contribution is -0.139. The van der Waals surface area contributed by atoms with Gasteiger partial charge in [0.25, 0.3) is 0 Å². The maximum Gasteiger partial charge on any atom is 0.303 e. The lowest BCUT2D eigenvalue weighted by Crippen LogP contribution is -2.34. The molecular weight excluding hydrogens is 158 g/mol. The molecule has 0 aromatic rings. The van der Waals surface area contributed by atoms with Crippen molar-refractivity contribution in [3.8, 4) is 0 Å². The van der Waals surface area contributed by atoms with Gasteiger partial charge in [-0.25, -0.2) is 0 Å². The number of carbonyl (C=O) groups excluding carboxylic acids is 1. The van der Waals surface area contributed by atoms with Crippen molar-refractivity contribution in [2.45, 2.75) is 38.1 Å². The van der Waals surface area contributed by atoms with Crippen LogP contribution in [0.5, 0.6) is 0 Å². The Kier molecular flexibility index (Phi) is 2.35. The van der Waals surface area contributed by atoms with Gasteiger partial charge in [0, 0.05) is 12.0 Å². The van der Waals surface area contributed by atoms with Gasteiger partial charge < -0.3 is 10.4 Å². The molecule has 1 aliphatic rings. The van der Waals surface area contributed by atoms with Crippen LogP contribution in [0, 0.1) is 0 Å². The average molecular weight is 171 g/mol. The molecule has 1 amide bonds. The van der Waals surface area contributed by atoms with E-state index in [4.69, 9.17) is 5.11 Å². The first-order valence-electron chi connectivity index (χ1n) is 4.05. The zero-order valence-corrected chi connectivity index (χ0v) is 7.09. The molecule has 4 nitrogen and oxygen atoms in total. The molecule has 1 aliphatic carbocycles. The molecule has 0 unspecified atom stereocenters. The Hall–Kier alpha value is -1.06. The molecule has 4 heteroatoms. The Morgan fingerprint density at radius 2 is 2.00 bits per heavy atom. The zero-order valence-electron chi connectivity index (χ0n) is 7.09. The van der Waals surface area contributed by atoms with Gasteiger partial charge in [0.2, 0.25) is 5.91 Å². The van der Waals surface area contributed by atoms with Gasteiger partial charge >= 0.3 is 5.97 Å². The molecule has 0 heterocycles. The topological polar surface area (TPSA) is 66.4 Å². The summed E-state index contributed by atoms with van der Waals surface area (Å²) in [5.41, 5.74) is -0.0322. The Labute approximate surface area is 71.0 Å². The number of aliphatic carboxylic acids is 1. The van der Waals surface area contributed by atoms with Crippen LogP contribution in [0.15, 0.2) is 0 Å². The van der Waals surface area contributed by atoms with E-state index in [1.165, 1.54) is 0 Å². The molecule has 1 saturated carbocycles. The van der Waals surface area contributed by atoms with Gasteiger partial charge in [0.1, 0.15) is 0 Å². The minimum absolute atomic E-state index is 0.0322. The van der Waals surface area contributed by atoms with E-state index in [0.717, 1.165) is 12.8 Å². The van der Waals surface area contributed by atoms with Gasteiger partial charge in [-0.1, -0.05) is 0 Å². The standard InChI is InChI=1S/C8H13NO3/c1-8(4-5-8)9-6(10)2-3-7(11)12/h2-5H2,1H3,(H,9,10)(H,11,12). The normalized spacial score (nSPS) is 18.4. The third-order valence-electron chi connectivity index (χ3n) is 2.01. The van der Waals surface area contributed by atoms with Crippen molar-refractivity contribution in [3.63, 3.8) is 0 Å². The second-order valence-electron chi connectivity index (χ2n) is 3.50. The Bertz CT molecular complexity index is 208. The third kappa shape index (κ3) is 2.90. The van der Waals surface area contributed by atoms with E-state index in [9.17, 15) is 9.59 Å². The number of nitrogens with one attached hydrogen (secondary N) is 1. The monoisotopic (exact) mass is 171 g/mol. The van der Waals surface area contributed by atoms with Crippen LogP contribution in [-0.4, -0.2) is 22.5 Å². The molecule has 1 fully saturated rings. The van der Waals surface area contributed by atoms with Crippen molar-refractivity contribution < 1.29 is 14.7 Å². The van der Waals surface area contributed by atoms with E-state index >= 15 is 0 Å². The number of amides is 1. The molecule has 0 radical (unpaired) electrons. The fourth-order valence-corrected chi connectivity index (χ4v) is 0.932. The Balaban J connectivity index is 2.16. The van der Waals surface area contributed by atoms with Crippen LogP contribution in [0.2, 0.25) is 0 Å². The Morgan fingerprint density at radius 1 is 1.42 bits per heavy atom. The van der Waals surface area contributed by atoms with E-state index in [0.29, 0.717) is 0 Å². The fraction of sp³-hybridized carbons (Fsp3) is 0.750. The number of carbonyl (C=O) groups is 2. The highest BCUT2D eigenvalue weighted by atomic mass is 16.4. The maximum atomic E-state index is 11.0. The minimum Gasteiger partial charge on any atom is -0.481 e. The smallest absolute Gasteiger partial charge is 0.303 e. The summed E-state index contributed by atoms with van der Waals surface area (Å²) in [5.74, 6) is -1.08. The molecule has 0 atom stereocenters. The molecule has 0 saturated heterocycles. The minimum atomic E-state index is -0.925. The Morgan fingerprint density at radius 3 is 2.42 bits per heavy atom. The van der Waals surface area contributed by atoms with Gasteiger partial charge in [-0.05, 0) is 19.8 Å². The first-order valence-corrected chi connectivity index (χ1v) is 4.05. The summed E-state index contributed by atoms with van der Waals surface area (Å²) < 4.78 is 0. The molecule has 12 heavy (non-hydrogen) atoms. The summed E-state index contributed by atoms with van der Waals surface area (Å²) in [6, 6.07) is 0. The summed E-state index contributed by atoms with van der Waals surface area (Å²) in [6.07, 6.45) is 2.02. The predicted molar refractivity (Wildman–Crippen MR) is 42.7 cm³/mol. The molecule has 68 valence electrons. The van der Waals surface area contributed by atoms with E-state index in [1.807, 2.05) is 6.92 Å². The van der Waals surface area contributed by atoms with Crippen molar-refractivity contribution in [2.75, 3.05) is 0 Å². The SMILES string of the molecule is CC1(NC(=O)CCC(=O)O)CC1. The molecule has 0 aliphatic heterocycles. The first-order chi connectivity index (χ1) is 5.52. The van der Waals surface area contributed by atoms with Crippen molar-refractivity contribution in [1.82, 2.24) is 5.32 Å². The van der Waals surface area contributed by atoms with Crippen molar-refractivity contribution >= 4 is 11.9 Å².